The fourth-order valence-electron chi connectivity index (χ4n) is 2.45. The lowest BCUT2D eigenvalue weighted by atomic mass is 9.96. The summed E-state index contributed by atoms with van der Waals surface area (Å²) >= 11 is 0. The van der Waals surface area contributed by atoms with Crippen molar-refractivity contribution in [2.45, 2.75) is 38.6 Å². The summed E-state index contributed by atoms with van der Waals surface area (Å²) in [7, 11) is 2.03. The van der Waals surface area contributed by atoms with Crippen molar-refractivity contribution in [2.24, 2.45) is 0 Å². The van der Waals surface area contributed by atoms with Crippen LogP contribution in [0.1, 0.15) is 48.9 Å². The van der Waals surface area contributed by atoms with Gasteiger partial charge in [0.15, 0.2) is 0 Å². The molecule has 0 fully saturated rings. The number of nitrogens with one attached hydrogen (secondary N) is 1. The molecule has 0 bridgehead atoms. The van der Waals surface area contributed by atoms with Gasteiger partial charge in [0.05, 0.1) is 0 Å². The van der Waals surface area contributed by atoms with Crippen LogP contribution in [0.15, 0.2) is 48.8 Å². The van der Waals surface area contributed by atoms with Gasteiger partial charge in [0.2, 0.25) is 0 Å². The Morgan fingerprint density at radius 3 is 2.30 bits per heavy atom. The maximum absolute atomic E-state index is 4.17. The van der Waals surface area contributed by atoms with Gasteiger partial charge < -0.3 is 5.32 Å². The van der Waals surface area contributed by atoms with Crippen LogP contribution in [0.2, 0.25) is 0 Å². The van der Waals surface area contributed by atoms with Crippen LogP contribution in [-0.2, 0) is 6.42 Å². The minimum atomic E-state index is 0.399. The summed E-state index contributed by atoms with van der Waals surface area (Å²) in [6.45, 7) is 4.46. The molecule has 2 nitrogen and oxygen atoms in total. The third kappa shape index (κ3) is 3.91. The zero-order valence-electron chi connectivity index (χ0n) is 12.6. The van der Waals surface area contributed by atoms with E-state index in [1.54, 1.807) is 0 Å². The Balaban J connectivity index is 2.01. The molecule has 1 unspecified atom stereocenters. The lowest BCUT2D eigenvalue weighted by molar-refractivity contribution is 0.548. The lowest BCUT2D eigenvalue weighted by Gasteiger charge is -2.17. The number of benzene rings is 1. The van der Waals surface area contributed by atoms with Gasteiger partial charge in [-0.3, -0.25) is 4.98 Å². The highest BCUT2D eigenvalue weighted by Crippen LogP contribution is 2.21. The molecule has 1 atom stereocenters. The Morgan fingerprint density at radius 1 is 1.05 bits per heavy atom. The van der Waals surface area contributed by atoms with Gasteiger partial charge in [-0.25, -0.2) is 0 Å². The quantitative estimate of drug-likeness (QED) is 0.853. The molecule has 0 saturated heterocycles. The smallest absolute Gasteiger partial charge is 0.0320 e. The number of hydrogen-bond acceptors (Lipinski definition) is 2. The van der Waals surface area contributed by atoms with Crippen molar-refractivity contribution in [1.82, 2.24) is 10.3 Å². The molecule has 2 aromatic rings. The summed E-state index contributed by atoms with van der Waals surface area (Å²) in [6, 6.07) is 13.5. The van der Waals surface area contributed by atoms with Gasteiger partial charge in [-0.2, -0.15) is 0 Å². The second kappa shape index (κ2) is 7.20. The van der Waals surface area contributed by atoms with Gasteiger partial charge in [0.25, 0.3) is 0 Å². The molecule has 0 aliphatic carbocycles. The van der Waals surface area contributed by atoms with Crippen LogP contribution in [0.3, 0.4) is 0 Å². The molecule has 1 heterocycles. The second-order valence-corrected chi connectivity index (χ2v) is 5.56. The Morgan fingerprint density at radius 2 is 1.75 bits per heavy atom. The standard InChI is InChI=1S/C18H24N2/c1-14(2)16-7-9-17(10-8-16)18(19-3)11-6-15-5-4-12-20-13-15/h4-5,7-10,12-14,18-19H,6,11H2,1-3H3. The summed E-state index contributed by atoms with van der Waals surface area (Å²) in [6.07, 6.45) is 5.91. The Labute approximate surface area is 122 Å². The molecule has 0 saturated carbocycles. The summed E-state index contributed by atoms with van der Waals surface area (Å²) in [5.74, 6) is 0.590. The van der Waals surface area contributed by atoms with E-state index in [4.69, 9.17) is 0 Å². The highest BCUT2D eigenvalue weighted by atomic mass is 14.9. The van der Waals surface area contributed by atoms with Gasteiger partial charge in [0.1, 0.15) is 0 Å². The van der Waals surface area contributed by atoms with E-state index in [2.05, 4.69) is 54.5 Å². The van der Waals surface area contributed by atoms with Crippen LogP contribution in [0.25, 0.3) is 0 Å². The number of nitrogens with zero attached hydrogens (tertiary/aromatic N) is 1. The minimum Gasteiger partial charge on any atom is -0.313 e. The molecule has 0 aliphatic heterocycles. The van der Waals surface area contributed by atoms with E-state index < -0.39 is 0 Å². The van der Waals surface area contributed by atoms with E-state index in [1.807, 2.05) is 25.5 Å². The van der Waals surface area contributed by atoms with Gasteiger partial charge in [-0.05, 0) is 48.6 Å². The van der Waals surface area contributed by atoms with E-state index in [9.17, 15) is 0 Å². The topological polar surface area (TPSA) is 24.9 Å². The third-order valence-corrected chi connectivity index (χ3v) is 3.80. The van der Waals surface area contributed by atoms with E-state index >= 15 is 0 Å². The number of hydrogen-bond donors (Lipinski definition) is 1. The van der Waals surface area contributed by atoms with Gasteiger partial charge in [-0.15, -0.1) is 0 Å². The minimum absolute atomic E-state index is 0.399. The maximum Gasteiger partial charge on any atom is 0.0320 e. The second-order valence-electron chi connectivity index (χ2n) is 5.56. The Bertz CT molecular complexity index is 503. The van der Waals surface area contributed by atoms with Crippen molar-refractivity contribution in [2.75, 3.05) is 7.05 Å². The molecule has 0 aliphatic rings. The molecule has 0 spiro atoms. The molecule has 106 valence electrons. The van der Waals surface area contributed by atoms with E-state index in [0.29, 0.717) is 12.0 Å². The van der Waals surface area contributed by atoms with Gasteiger partial charge in [-0.1, -0.05) is 44.2 Å². The number of pyridine rings is 1. The number of rotatable bonds is 6. The van der Waals surface area contributed by atoms with Gasteiger partial charge >= 0.3 is 0 Å². The lowest BCUT2D eigenvalue weighted by Crippen LogP contribution is -2.17. The molecular weight excluding hydrogens is 244 g/mol. The zero-order chi connectivity index (χ0) is 14.4. The van der Waals surface area contributed by atoms with Crippen molar-refractivity contribution in [1.29, 1.82) is 0 Å². The first-order chi connectivity index (χ1) is 9.70. The van der Waals surface area contributed by atoms with Crippen molar-refractivity contribution < 1.29 is 0 Å². The fourth-order valence-corrected chi connectivity index (χ4v) is 2.45. The van der Waals surface area contributed by atoms with Crippen LogP contribution >= 0.6 is 0 Å². The number of aryl methyl sites for hydroxylation is 1. The molecular formula is C18H24N2. The fraction of sp³-hybridized carbons (Fsp3) is 0.389. The normalized spacial score (nSPS) is 12.6. The molecule has 1 aromatic heterocycles. The first-order valence-corrected chi connectivity index (χ1v) is 7.36. The van der Waals surface area contributed by atoms with E-state index in [-0.39, 0.29) is 0 Å². The molecule has 2 rings (SSSR count). The summed E-state index contributed by atoms with van der Waals surface area (Å²) in [4.78, 5) is 4.17. The van der Waals surface area contributed by atoms with Crippen LogP contribution in [0, 0.1) is 0 Å². The van der Waals surface area contributed by atoms with Crippen molar-refractivity contribution >= 4 is 0 Å². The van der Waals surface area contributed by atoms with Crippen molar-refractivity contribution in [3.05, 3.63) is 65.5 Å². The van der Waals surface area contributed by atoms with Crippen LogP contribution in [-0.4, -0.2) is 12.0 Å². The molecule has 20 heavy (non-hydrogen) atoms. The average molecular weight is 268 g/mol. The zero-order valence-corrected chi connectivity index (χ0v) is 12.6. The Kier molecular flexibility index (Phi) is 5.31. The predicted octanol–water partition coefficient (Wildman–Crippen LogP) is 4.10. The molecule has 0 amide bonds. The van der Waals surface area contributed by atoms with Crippen molar-refractivity contribution in [3.63, 3.8) is 0 Å². The summed E-state index contributed by atoms with van der Waals surface area (Å²) < 4.78 is 0. The van der Waals surface area contributed by atoms with Crippen molar-refractivity contribution in [3.8, 4) is 0 Å². The van der Waals surface area contributed by atoms with E-state index in [1.165, 1.54) is 16.7 Å². The summed E-state index contributed by atoms with van der Waals surface area (Å²) in [5, 5.41) is 3.42. The monoisotopic (exact) mass is 268 g/mol. The Hall–Kier alpha value is -1.67. The number of aromatic nitrogens is 1. The first kappa shape index (κ1) is 14.7. The van der Waals surface area contributed by atoms with Gasteiger partial charge in [0, 0.05) is 18.4 Å². The predicted molar refractivity (Wildman–Crippen MR) is 84.9 cm³/mol. The molecule has 2 heteroatoms. The van der Waals surface area contributed by atoms with Crippen LogP contribution in [0.5, 0.6) is 0 Å². The SMILES string of the molecule is CNC(CCc1cccnc1)c1ccc(C(C)C)cc1. The van der Waals surface area contributed by atoms with Crippen LogP contribution < -0.4 is 5.32 Å². The largest absolute Gasteiger partial charge is 0.313 e. The van der Waals surface area contributed by atoms with Crippen LogP contribution in [0.4, 0.5) is 0 Å². The first-order valence-electron chi connectivity index (χ1n) is 7.36. The van der Waals surface area contributed by atoms with E-state index in [0.717, 1.165) is 12.8 Å². The highest BCUT2D eigenvalue weighted by molar-refractivity contribution is 5.27. The maximum atomic E-state index is 4.17. The average Bonchev–Trinajstić information content (AvgIpc) is 2.49. The molecule has 1 aromatic carbocycles. The summed E-state index contributed by atoms with van der Waals surface area (Å²) in [5.41, 5.74) is 4.06. The highest BCUT2D eigenvalue weighted by Gasteiger charge is 2.10. The molecule has 1 N–H and O–H groups in total. The molecule has 0 radical (unpaired) electrons. The third-order valence-electron chi connectivity index (χ3n) is 3.80.